The number of carbonyl (C=O) groups is 1. The normalized spacial score (nSPS) is 17.2. The number of carbonyl (C=O) groups excluding carboxylic acids is 1. The van der Waals surface area contributed by atoms with E-state index in [1.54, 1.807) is 12.1 Å². The van der Waals surface area contributed by atoms with E-state index in [1.165, 1.54) is 25.0 Å². The van der Waals surface area contributed by atoms with Gasteiger partial charge in [0.25, 0.3) is 0 Å². The van der Waals surface area contributed by atoms with Crippen molar-refractivity contribution >= 4 is 11.7 Å². The van der Waals surface area contributed by atoms with Gasteiger partial charge in [-0.15, -0.1) is 0 Å². The number of amides is 2. The van der Waals surface area contributed by atoms with Crippen molar-refractivity contribution in [2.45, 2.75) is 31.7 Å². The molecule has 1 aliphatic rings. The minimum absolute atomic E-state index is 0.00365. The number of urea groups is 1. The lowest BCUT2D eigenvalue weighted by molar-refractivity contribution is 0.243. The number of rotatable bonds is 4. The van der Waals surface area contributed by atoms with E-state index in [9.17, 15) is 9.18 Å². The van der Waals surface area contributed by atoms with Gasteiger partial charge in [0.1, 0.15) is 5.82 Å². The highest BCUT2D eigenvalue weighted by molar-refractivity contribution is 5.89. The van der Waals surface area contributed by atoms with Crippen molar-refractivity contribution in [1.82, 2.24) is 5.32 Å². The largest absolute Gasteiger partial charge is 0.334 e. The molecule has 0 radical (unpaired) electrons. The molecule has 4 N–H and O–H groups in total. The number of anilines is 1. The van der Waals surface area contributed by atoms with Gasteiger partial charge in [-0.25, -0.2) is 9.18 Å². The number of hydrogen-bond donors (Lipinski definition) is 3. The van der Waals surface area contributed by atoms with Crippen LogP contribution in [0.2, 0.25) is 0 Å². The van der Waals surface area contributed by atoms with Crippen LogP contribution in [0.1, 0.15) is 25.7 Å². The second-order valence-corrected chi connectivity index (χ2v) is 5.00. The molecule has 5 heteroatoms. The molecular weight excluding hydrogens is 245 g/mol. The number of nitrogens with one attached hydrogen (secondary N) is 2. The zero-order chi connectivity index (χ0) is 13.7. The van der Waals surface area contributed by atoms with E-state index in [0.29, 0.717) is 18.2 Å². The number of halogens is 1. The van der Waals surface area contributed by atoms with Gasteiger partial charge in [-0.05, 0) is 37.0 Å². The van der Waals surface area contributed by atoms with Crippen molar-refractivity contribution in [1.29, 1.82) is 0 Å². The second kappa shape index (κ2) is 6.52. The summed E-state index contributed by atoms with van der Waals surface area (Å²) in [5.41, 5.74) is 6.16. The maximum absolute atomic E-state index is 13.0. The minimum atomic E-state index is -0.371. The monoisotopic (exact) mass is 265 g/mol. The molecule has 0 bridgehead atoms. The van der Waals surface area contributed by atoms with Gasteiger partial charge in [-0.3, -0.25) is 0 Å². The molecule has 1 saturated carbocycles. The third kappa shape index (κ3) is 3.92. The van der Waals surface area contributed by atoms with Crippen LogP contribution < -0.4 is 16.4 Å². The minimum Gasteiger partial charge on any atom is -0.334 e. The van der Waals surface area contributed by atoms with E-state index in [2.05, 4.69) is 10.6 Å². The molecule has 2 rings (SSSR count). The molecule has 1 atom stereocenters. The van der Waals surface area contributed by atoms with Crippen LogP contribution in [0.15, 0.2) is 24.3 Å². The highest BCUT2D eigenvalue weighted by atomic mass is 19.1. The van der Waals surface area contributed by atoms with Crippen molar-refractivity contribution in [2.24, 2.45) is 11.7 Å². The zero-order valence-corrected chi connectivity index (χ0v) is 10.9. The van der Waals surface area contributed by atoms with Crippen molar-refractivity contribution in [2.75, 3.05) is 11.9 Å². The van der Waals surface area contributed by atoms with Crippen LogP contribution in [-0.4, -0.2) is 18.6 Å². The Kier molecular flexibility index (Phi) is 4.74. The fourth-order valence-corrected chi connectivity index (χ4v) is 2.63. The molecule has 0 heterocycles. The lowest BCUT2D eigenvalue weighted by Crippen LogP contribution is -2.46. The van der Waals surface area contributed by atoms with Crippen molar-refractivity contribution in [3.05, 3.63) is 30.1 Å². The van der Waals surface area contributed by atoms with Gasteiger partial charge in [0.15, 0.2) is 0 Å². The summed E-state index contributed by atoms with van der Waals surface area (Å²) < 4.78 is 13.0. The quantitative estimate of drug-likeness (QED) is 0.783. The van der Waals surface area contributed by atoms with E-state index in [1.807, 2.05) is 0 Å². The van der Waals surface area contributed by atoms with Crippen LogP contribution in [0.5, 0.6) is 0 Å². The topological polar surface area (TPSA) is 67.1 Å². The summed E-state index contributed by atoms with van der Waals surface area (Å²) in [7, 11) is 0. The first-order valence-corrected chi connectivity index (χ1v) is 6.72. The average molecular weight is 265 g/mol. The third-order valence-electron chi connectivity index (χ3n) is 3.62. The Balaban J connectivity index is 1.89. The summed E-state index contributed by atoms with van der Waals surface area (Å²) in [6.45, 7) is 0.432. The summed E-state index contributed by atoms with van der Waals surface area (Å²) in [5, 5.41) is 5.50. The van der Waals surface area contributed by atoms with Gasteiger partial charge in [0.05, 0.1) is 0 Å². The highest BCUT2D eigenvalue weighted by Crippen LogP contribution is 2.27. The molecule has 0 spiro atoms. The summed E-state index contributed by atoms with van der Waals surface area (Å²) in [6, 6.07) is 5.50. The van der Waals surface area contributed by atoms with Gasteiger partial charge in [-0.2, -0.15) is 0 Å². The van der Waals surface area contributed by atoms with Crippen LogP contribution >= 0.6 is 0 Å². The predicted molar refractivity (Wildman–Crippen MR) is 73.4 cm³/mol. The molecule has 1 aromatic carbocycles. The Morgan fingerprint density at radius 2 is 2.16 bits per heavy atom. The molecule has 1 fully saturated rings. The fourth-order valence-electron chi connectivity index (χ4n) is 2.63. The number of hydrogen-bond acceptors (Lipinski definition) is 2. The zero-order valence-electron chi connectivity index (χ0n) is 10.9. The van der Waals surface area contributed by atoms with E-state index in [-0.39, 0.29) is 17.9 Å². The van der Waals surface area contributed by atoms with Gasteiger partial charge < -0.3 is 16.4 Å². The van der Waals surface area contributed by atoms with Crippen LogP contribution in [0, 0.1) is 11.7 Å². The average Bonchev–Trinajstić information content (AvgIpc) is 2.89. The first-order chi connectivity index (χ1) is 9.19. The molecule has 2 amide bonds. The second-order valence-electron chi connectivity index (χ2n) is 5.00. The summed E-state index contributed by atoms with van der Waals surface area (Å²) in [6.07, 6.45) is 4.63. The molecule has 1 unspecified atom stereocenters. The molecule has 0 saturated heterocycles. The van der Waals surface area contributed by atoms with E-state index in [0.717, 1.165) is 12.8 Å². The van der Waals surface area contributed by atoms with Crippen molar-refractivity contribution in [3.8, 4) is 0 Å². The van der Waals surface area contributed by atoms with Crippen molar-refractivity contribution < 1.29 is 9.18 Å². The molecular formula is C14H20FN3O. The molecule has 1 aromatic rings. The lowest BCUT2D eigenvalue weighted by atomic mass is 9.98. The van der Waals surface area contributed by atoms with Crippen LogP contribution in [0.4, 0.5) is 14.9 Å². The first kappa shape index (κ1) is 13.8. The van der Waals surface area contributed by atoms with Crippen LogP contribution in [-0.2, 0) is 0 Å². The predicted octanol–water partition coefficient (Wildman–Crippen LogP) is 2.46. The van der Waals surface area contributed by atoms with Gasteiger partial charge in [0.2, 0.25) is 0 Å². The van der Waals surface area contributed by atoms with Crippen LogP contribution in [0.25, 0.3) is 0 Å². The SMILES string of the molecule is NCC(NC(=O)Nc1cccc(F)c1)C1CCCC1. The molecule has 4 nitrogen and oxygen atoms in total. The van der Waals surface area contributed by atoms with E-state index >= 15 is 0 Å². The molecule has 0 aliphatic heterocycles. The molecule has 104 valence electrons. The summed E-state index contributed by atoms with van der Waals surface area (Å²) in [4.78, 5) is 11.8. The lowest BCUT2D eigenvalue weighted by Gasteiger charge is -2.23. The maximum atomic E-state index is 13.0. The Hall–Kier alpha value is -1.62. The van der Waals surface area contributed by atoms with Crippen LogP contribution in [0.3, 0.4) is 0 Å². The molecule has 0 aromatic heterocycles. The highest BCUT2D eigenvalue weighted by Gasteiger charge is 2.25. The molecule has 1 aliphatic carbocycles. The molecule has 19 heavy (non-hydrogen) atoms. The van der Waals surface area contributed by atoms with E-state index < -0.39 is 0 Å². The Morgan fingerprint density at radius 1 is 1.42 bits per heavy atom. The maximum Gasteiger partial charge on any atom is 0.319 e. The Labute approximate surface area is 112 Å². The van der Waals surface area contributed by atoms with Gasteiger partial charge in [0, 0.05) is 18.3 Å². The van der Waals surface area contributed by atoms with Crippen molar-refractivity contribution in [3.63, 3.8) is 0 Å². The van der Waals surface area contributed by atoms with Gasteiger partial charge >= 0.3 is 6.03 Å². The van der Waals surface area contributed by atoms with Gasteiger partial charge in [-0.1, -0.05) is 18.9 Å². The number of nitrogens with two attached hydrogens (primary N) is 1. The summed E-state index contributed by atoms with van der Waals surface area (Å²) >= 11 is 0. The first-order valence-electron chi connectivity index (χ1n) is 6.72. The van der Waals surface area contributed by atoms with E-state index in [4.69, 9.17) is 5.73 Å². The number of benzene rings is 1. The Morgan fingerprint density at radius 3 is 2.79 bits per heavy atom. The Bertz CT molecular complexity index is 432. The summed E-state index contributed by atoms with van der Waals surface area (Å²) in [5.74, 6) is 0.0900. The third-order valence-corrected chi connectivity index (χ3v) is 3.62. The fraction of sp³-hybridized carbons (Fsp3) is 0.500. The smallest absolute Gasteiger partial charge is 0.319 e. The standard InChI is InChI=1S/C14H20FN3O/c15-11-6-3-7-12(8-11)17-14(19)18-13(9-16)10-4-1-2-5-10/h3,6-8,10,13H,1-2,4-5,9,16H2,(H2,17,18,19).